The second kappa shape index (κ2) is 6.33. The van der Waals surface area contributed by atoms with Crippen molar-refractivity contribution < 1.29 is 13.2 Å². The number of fused-ring (bicyclic) bond motifs is 1. The van der Waals surface area contributed by atoms with Crippen molar-refractivity contribution in [3.63, 3.8) is 0 Å². The van der Waals surface area contributed by atoms with Crippen LogP contribution in [0.25, 0.3) is 22.4 Å². The molecule has 0 saturated heterocycles. The van der Waals surface area contributed by atoms with E-state index < -0.39 is 6.43 Å². The Balaban J connectivity index is 1.92. The average molecular weight is 344 g/mol. The number of nitrogens with one attached hydrogen (secondary N) is 1. The van der Waals surface area contributed by atoms with E-state index in [4.69, 9.17) is 0 Å². The zero-order valence-corrected chi connectivity index (χ0v) is 13.2. The summed E-state index contributed by atoms with van der Waals surface area (Å²) in [4.78, 5) is 3.73. The fourth-order valence-electron chi connectivity index (χ4n) is 3.09. The number of benzene rings is 1. The van der Waals surface area contributed by atoms with E-state index in [1.807, 2.05) is 4.68 Å². The van der Waals surface area contributed by atoms with Gasteiger partial charge in [-0.25, -0.2) is 13.2 Å². The van der Waals surface area contributed by atoms with Crippen LogP contribution in [-0.2, 0) is 13.1 Å². The number of hydrogen-bond acceptors (Lipinski definition) is 3. The molecule has 0 amide bonds. The Morgan fingerprint density at radius 3 is 2.64 bits per heavy atom. The van der Waals surface area contributed by atoms with Gasteiger partial charge in [0.1, 0.15) is 17.2 Å². The van der Waals surface area contributed by atoms with Gasteiger partial charge >= 0.3 is 0 Å². The van der Waals surface area contributed by atoms with E-state index in [0.29, 0.717) is 24.3 Å². The molecule has 1 aromatic carbocycles. The van der Waals surface area contributed by atoms with Gasteiger partial charge in [0.25, 0.3) is 6.43 Å². The first kappa shape index (κ1) is 15.8. The monoisotopic (exact) mass is 344 g/mol. The number of rotatable bonds is 3. The van der Waals surface area contributed by atoms with Gasteiger partial charge in [0.15, 0.2) is 0 Å². The second-order valence-electron chi connectivity index (χ2n) is 5.85. The van der Waals surface area contributed by atoms with Crippen LogP contribution in [0.3, 0.4) is 0 Å². The molecule has 0 bridgehead atoms. The molecular weight excluding hydrogens is 329 g/mol. The molecule has 1 aliphatic rings. The summed E-state index contributed by atoms with van der Waals surface area (Å²) in [7, 11) is 0. The standard InChI is InChI=1S/C18H15F3N4/c19-13-3-1-11(2-4-13)17-16(15-10-22-7-8-25(15)24-17)12-5-6-23-14(9-12)18(20)21/h1-6,9,18,22H,7-8,10H2. The maximum Gasteiger partial charge on any atom is 0.280 e. The predicted molar refractivity (Wildman–Crippen MR) is 87.5 cm³/mol. The summed E-state index contributed by atoms with van der Waals surface area (Å²) >= 11 is 0. The smallest absolute Gasteiger partial charge is 0.280 e. The molecule has 0 aliphatic carbocycles. The van der Waals surface area contributed by atoms with Gasteiger partial charge in [-0.2, -0.15) is 5.10 Å². The van der Waals surface area contributed by atoms with E-state index in [2.05, 4.69) is 15.4 Å². The van der Waals surface area contributed by atoms with Crippen LogP contribution in [0, 0.1) is 5.82 Å². The normalized spacial score (nSPS) is 13.9. The molecule has 3 aromatic rings. The molecule has 1 aliphatic heterocycles. The van der Waals surface area contributed by atoms with E-state index in [9.17, 15) is 13.2 Å². The Bertz CT molecular complexity index is 903. The third-order valence-corrected chi connectivity index (χ3v) is 4.26. The third-order valence-electron chi connectivity index (χ3n) is 4.26. The molecule has 0 saturated carbocycles. The highest BCUT2D eigenvalue weighted by molar-refractivity contribution is 5.83. The molecular formula is C18H15F3N4. The first-order valence-corrected chi connectivity index (χ1v) is 7.94. The molecule has 0 unspecified atom stereocenters. The Labute approximate surface area is 142 Å². The Morgan fingerprint density at radius 2 is 1.88 bits per heavy atom. The molecule has 0 spiro atoms. The first-order chi connectivity index (χ1) is 12.1. The van der Waals surface area contributed by atoms with E-state index >= 15 is 0 Å². The highest BCUT2D eigenvalue weighted by atomic mass is 19.3. The van der Waals surface area contributed by atoms with Crippen molar-refractivity contribution in [1.82, 2.24) is 20.1 Å². The molecule has 1 N–H and O–H groups in total. The lowest BCUT2D eigenvalue weighted by Gasteiger charge is -2.16. The van der Waals surface area contributed by atoms with Gasteiger partial charge in [-0.15, -0.1) is 0 Å². The molecule has 25 heavy (non-hydrogen) atoms. The van der Waals surface area contributed by atoms with E-state index in [1.165, 1.54) is 24.4 Å². The topological polar surface area (TPSA) is 42.7 Å². The fourth-order valence-corrected chi connectivity index (χ4v) is 3.09. The highest BCUT2D eigenvalue weighted by Crippen LogP contribution is 2.36. The van der Waals surface area contributed by atoms with E-state index in [-0.39, 0.29) is 11.5 Å². The minimum Gasteiger partial charge on any atom is -0.309 e. The summed E-state index contributed by atoms with van der Waals surface area (Å²) in [5.41, 5.74) is 3.47. The van der Waals surface area contributed by atoms with Crippen molar-refractivity contribution in [3.05, 3.63) is 59.8 Å². The lowest BCUT2D eigenvalue weighted by Crippen LogP contribution is -2.28. The Kier molecular flexibility index (Phi) is 4.01. The molecule has 0 fully saturated rings. The Morgan fingerprint density at radius 1 is 1.08 bits per heavy atom. The lowest BCUT2D eigenvalue weighted by atomic mass is 9.98. The van der Waals surface area contributed by atoms with E-state index in [0.717, 1.165) is 23.4 Å². The first-order valence-electron chi connectivity index (χ1n) is 7.94. The van der Waals surface area contributed by atoms with Gasteiger partial charge in [-0.3, -0.25) is 9.67 Å². The lowest BCUT2D eigenvalue weighted by molar-refractivity contribution is 0.146. The van der Waals surface area contributed by atoms with Crippen molar-refractivity contribution in [1.29, 1.82) is 0 Å². The van der Waals surface area contributed by atoms with Crippen LogP contribution in [0.4, 0.5) is 13.2 Å². The summed E-state index contributed by atoms with van der Waals surface area (Å²) in [6.07, 6.45) is -1.26. The van der Waals surface area contributed by atoms with Crippen molar-refractivity contribution in [2.75, 3.05) is 6.54 Å². The molecule has 3 heterocycles. The number of halogens is 3. The second-order valence-corrected chi connectivity index (χ2v) is 5.85. The number of nitrogens with zero attached hydrogens (tertiary/aromatic N) is 3. The molecule has 4 rings (SSSR count). The van der Waals surface area contributed by atoms with Crippen molar-refractivity contribution in [2.24, 2.45) is 0 Å². The zero-order chi connectivity index (χ0) is 17.4. The van der Waals surface area contributed by atoms with Gasteiger partial charge in [-0.1, -0.05) is 0 Å². The van der Waals surface area contributed by atoms with Crippen molar-refractivity contribution in [2.45, 2.75) is 19.5 Å². The maximum absolute atomic E-state index is 13.3. The van der Waals surface area contributed by atoms with Gasteiger partial charge < -0.3 is 5.32 Å². The quantitative estimate of drug-likeness (QED) is 0.786. The van der Waals surface area contributed by atoms with Crippen LogP contribution in [-0.4, -0.2) is 21.3 Å². The molecule has 4 nitrogen and oxygen atoms in total. The van der Waals surface area contributed by atoms with Crippen LogP contribution in [0.2, 0.25) is 0 Å². The van der Waals surface area contributed by atoms with Gasteiger partial charge in [-0.05, 0) is 42.0 Å². The molecule has 0 atom stereocenters. The summed E-state index contributed by atoms with van der Waals surface area (Å²) < 4.78 is 41.3. The predicted octanol–water partition coefficient (Wildman–Crippen LogP) is 3.79. The number of aromatic nitrogens is 3. The average Bonchev–Trinajstić information content (AvgIpc) is 3.02. The fraction of sp³-hybridized carbons (Fsp3) is 0.222. The number of pyridine rings is 1. The number of hydrogen-bond donors (Lipinski definition) is 1. The molecule has 128 valence electrons. The van der Waals surface area contributed by atoms with Gasteiger partial charge in [0, 0.05) is 30.4 Å². The van der Waals surface area contributed by atoms with Crippen molar-refractivity contribution >= 4 is 0 Å². The van der Waals surface area contributed by atoms with Crippen LogP contribution in [0.5, 0.6) is 0 Å². The highest BCUT2D eigenvalue weighted by Gasteiger charge is 2.23. The summed E-state index contributed by atoms with van der Waals surface area (Å²) in [6.45, 7) is 2.07. The zero-order valence-electron chi connectivity index (χ0n) is 13.2. The van der Waals surface area contributed by atoms with Gasteiger partial charge in [0.05, 0.1) is 12.2 Å². The summed E-state index contributed by atoms with van der Waals surface area (Å²) in [5.74, 6) is -0.333. The van der Waals surface area contributed by atoms with E-state index in [1.54, 1.807) is 18.2 Å². The molecule has 7 heteroatoms. The SMILES string of the molecule is Fc1ccc(-c2nn3c(c2-c2ccnc(C(F)F)c2)CNCC3)cc1. The molecule has 0 radical (unpaired) electrons. The summed E-state index contributed by atoms with van der Waals surface area (Å²) in [5, 5.41) is 7.93. The number of alkyl halides is 2. The minimum atomic E-state index is -2.64. The molecule has 2 aromatic heterocycles. The third kappa shape index (κ3) is 2.91. The largest absolute Gasteiger partial charge is 0.309 e. The minimum absolute atomic E-state index is 0.272. The Hall–Kier alpha value is -2.67. The maximum atomic E-state index is 13.3. The van der Waals surface area contributed by atoms with Crippen LogP contribution in [0.15, 0.2) is 42.6 Å². The summed E-state index contributed by atoms with van der Waals surface area (Å²) in [6, 6.07) is 9.13. The van der Waals surface area contributed by atoms with Crippen LogP contribution < -0.4 is 5.32 Å². The van der Waals surface area contributed by atoms with Crippen LogP contribution >= 0.6 is 0 Å². The van der Waals surface area contributed by atoms with Crippen LogP contribution in [0.1, 0.15) is 17.8 Å². The van der Waals surface area contributed by atoms with Gasteiger partial charge in [0.2, 0.25) is 0 Å². The van der Waals surface area contributed by atoms with Crippen molar-refractivity contribution in [3.8, 4) is 22.4 Å².